The van der Waals surface area contributed by atoms with Gasteiger partial charge in [-0.05, 0) is 24.3 Å². The SMILES string of the molecule is COCCNC(=O)Oc1ccc(OC)cc1. The fourth-order valence-electron chi connectivity index (χ4n) is 1.04. The highest BCUT2D eigenvalue weighted by Crippen LogP contribution is 2.16. The highest BCUT2D eigenvalue weighted by Gasteiger charge is 2.03. The van der Waals surface area contributed by atoms with E-state index in [1.807, 2.05) is 0 Å². The Bertz CT molecular complexity index is 323. The number of amides is 1. The molecule has 0 aliphatic heterocycles. The minimum atomic E-state index is -0.498. The summed E-state index contributed by atoms with van der Waals surface area (Å²) in [5, 5.41) is 2.54. The maximum Gasteiger partial charge on any atom is 0.412 e. The van der Waals surface area contributed by atoms with E-state index in [0.717, 1.165) is 0 Å². The Labute approximate surface area is 94.3 Å². The molecule has 5 nitrogen and oxygen atoms in total. The first-order chi connectivity index (χ1) is 7.76. The van der Waals surface area contributed by atoms with Crippen LogP contribution in [0.15, 0.2) is 24.3 Å². The van der Waals surface area contributed by atoms with Crippen molar-refractivity contribution in [1.29, 1.82) is 0 Å². The monoisotopic (exact) mass is 225 g/mol. The number of carbonyl (C=O) groups is 1. The molecule has 0 bridgehead atoms. The molecule has 5 heteroatoms. The van der Waals surface area contributed by atoms with Gasteiger partial charge in [0.2, 0.25) is 0 Å². The van der Waals surface area contributed by atoms with Gasteiger partial charge < -0.3 is 19.5 Å². The van der Waals surface area contributed by atoms with Crippen molar-refractivity contribution in [1.82, 2.24) is 5.32 Å². The van der Waals surface area contributed by atoms with Crippen molar-refractivity contribution in [3.8, 4) is 11.5 Å². The summed E-state index contributed by atoms with van der Waals surface area (Å²) in [6, 6.07) is 6.76. The van der Waals surface area contributed by atoms with Crippen molar-refractivity contribution in [3.05, 3.63) is 24.3 Å². The van der Waals surface area contributed by atoms with Gasteiger partial charge in [0.05, 0.1) is 13.7 Å². The third-order valence-corrected chi connectivity index (χ3v) is 1.85. The molecule has 0 aliphatic carbocycles. The molecule has 1 aromatic carbocycles. The minimum absolute atomic E-state index is 0.422. The second-order valence-electron chi connectivity index (χ2n) is 2.98. The molecule has 16 heavy (non-hydrogen) atoms. The van der Waals surface area contributed by atoms with Gasteiger partial charge in [0.1, 0.15) is 11.5 Å². The zero-order chi connectivity index (χ0) is 11.8. The lowest BCUT2D eigenvalue weighted by molar-refractivity contribution is 0.180. The molecule has 0 fully saturated rings. The minimum Gasteiger partial charge on any atom is -0.497 e. The third-order valence-electron chi connectivity index (χ3n) is 1.85. The standard InChI is InChI=1S/C11H15NO4/c1-14-8-7-12-11(13)16-10-5-3-9(15-2)4-6-10/h3-6H,7-8H2,1-2H3,(H,12,13). The second-order valence-corrected chi connectivity index (χ2v) is 2.98. The van der Waals surface area contributed by atoms with Crippen LogP contribution < -0.4 is 14.8 Å². The average molecular weight is 225 g/mol. The van der Waals surface area contributed by atoms with E-state index in [1.165, 1.54) is 0 Å². The summed E-state index contributed by atoms with van der Waals surface area (Å²) < 4.78 is 14.8. The quantitative estimate of drug-likeness (QED) is 0.770. The molecule has 0 aliphatic rings. The molecular formula is C11H15NO4. The van der Waals surface area contributed by atoms with Gasteiger partial charge in [0.25, 0.3) is 0 Å². The second kappa shape index (κ2) is 6.68. The topological polar surface area (TPSA) is 56.8 Å². The molecule has 1 rings (SSSR count). The zero-order valence-corrected chi connectivity index (χ0v) is 9.36. The van der Waals surface area contributed by atoms with Crippen LogP contribution in [0.1, 0.15) is 0 Å². The van der Waals surface area contributed by atoms with Crippen molar-refractivity contribution in [2.45, 2.75) is 0 Å². The van der Waals surface area contributed by atoms with Crippen LogP contribution in [-0.4, -0.2) is 33.5 Å². The van der Waals surface area contributed by atoms with E-state index in [-0.39, 0.29) is 0 Å². The first-order valence-corrected chi connectivity index (χ1v) is 4.85. The molecule has 0 spiro atoms. The van der Waals surface area contributed by atoms with Crippen LogP contribution >= 0.6 is 0 Å². The maximum absolute atomic E-state index is 11.2. The van der Waals surface area contributed by atoms with Gasteiger partial charge in [0.15, 0.2) is 0 Å². The predicted octanol–water partition coefficient (Wildman–Crippen LogP) is 1.43. The first kappa shape index (κ1) is 12.3. The van der Waals surface area contributed by atoms with Crippen LogP contribution in [0.3, 0.4) is 0 Å². The lowest BCUT2D eigenvalue weighted by Crippen LogP contribution is -2.29. The molecule has 1 amide bonds. The fraction of sp³-hybridized carbons (Fsp3) is 0.364. The van der Waals surface area contributed by atoms with Gasteiger partial charge in [-0.1, -0.05) is 0 Å². The van der Waals surface area contributed by atoms with Crippen molar-refractivity contribution in [3.63, 3.8) is 0 Å². The Morgan fingerprint density at radius 3 is 2.38 bits per heavy atom. The molecule has 1 aromatic rings. The van der Waals surface area contributed by atoms with Gasteiger partial charge in [-0.2, -0.15) is 0 Å². The summed E-state index contributed by atoms with van der Waals surface area (Å²) in [5.74, 6) is 1.18. The van der Waals surface area contributed by atoms with Crippen LogP contribution in [0.25, 0.3) is 0 Å². The Morgan fingerprint density at radius 2 is 1.81 bits per heavy atom. The van der Waals surface area contributed by atoms with Crippen LogP contribution in [0.5, 0.6) is 11.5 Å². The van der Waals surface area contributed by atoms with Crippen LogP contribution in [0.2, 0.25) is 0 Å². The lowest BCUT2D eigenvalue weighted by atomic mass is 10.3. The number of methoxy groups -OCH3 is 2. The van der Waals surface area contributed by atoms with Crippen molar-refractivity contribution < 1.29 is 19.0 Å². The van der Waals surface area contributed by atoms with E-state index in [2.05, 4.69) is 5.32 Å². The summed E-state index contributed by atoms with van der Waals surface area (Å²) in [5.41, 5.74) is 0. The lowest BCUT2D eigenvalue weighted by Gasteiger charge is -2.06. The zero-order valence-electron chi connectivity index (χ0n) is 9.36. The molecule has 88 valence electrons. The normalized spacial score (nSPS) is 9.62. The molecule has 0 atom stereocenters. The summed E-state index contributed by atoms with van der Waals surface area (Å²) in [7, 11) is 3.14. The van der Waals surface area contributed by atoms with Crippen molar-refractivity contribution in [2.24, 2.45) is 0 Å². The van der Waals surface area contributed by atoms with E-state index in [1.54, 1.807) is 38.5 Å². The predicted molar refractivity (Wildman–Crippen MR) is 58.9 cm³/mol. The fourth-order valence-corrected chi connectivity index (χ4v) is 1.04. The highest BCUT2D eigenvalue weighted by molar-refractivity contribution is 5.70. The average Bonchev–Trinajstić information content (AvgIpc) is 2.30. The van der Waals surface area contributed by atoms with E-state index in [9.17, 15) is 4.79 Å². The molecule has 0 heterocycles. The van der Waals surface area contributed by atoms with Crippen LogP contribution in [-0.2, 0) is 4.74 Å². The summed E-state index contributed by atoms with van der Waals surface area (Å²) in [6.45, 7) is 0.878. The van der Waals surface area contributed by atoms with E-state index in [0.29, 0.717) is 24.7 Å². The smallest absolute Gasteiger partial charge is 0.412 e. The number of nitrogens with one attached hydrogen (secondary N) is 1. The number of benzene rings is 1. The molecule has 0 aromatic heterocycles. The van der Waals surface area contributed by atoms with Crippen LogP contribution in [0.4, 0.5) is 4.79 Å². The molecule has 0 saturated heterocycles. The molecule has 0 unspecified atom stereocenters. The number of carbonyl (C=O) groups excluding carboxylic acids is 1. The van der Waals surface area contributed by atoms with Gasteiger partial charge in [0, 0.05) is 13.7 Å². The number of hydrogen-bond acceptors (Lipinski definition) is 4. The maximum atomic E-state index is 11.2. The van der Waals surface area contributed by atoms with Crippen molar-refractivity contribution >= 4 is 6.09 Å². The number of rotatable bonds is 5. The number of ether oxygens (including phenoxy) is 3. The van der Waals surface area contributed by atoms with Crippen molar-refractivity contribution in [2.75, 3.05) is 27.4 Å². The van der Waals surface area contributed by atoms with Gasteiger partial charge in [-0.3, -0.25) is 0 Å². The summed E-state index contributed by atoms with van der Waals surface area (Å²) in [6.07, 6.45) is -0.498. The van der Waals surface area contributed by atoms with Gasteiger partial charge in [-0.25, -0.2) is 4.79 Å². The van der Waals surface area contributed by atoms with Gasteiger partial charge >= 0.3 is 6.09 Å². The summed E-state index contributed by atoms with van der Waals surface area (Å²) >= 11 is 0. The molecule has 0 saturated carbocycles. The summed E-state index contributed by atoms with van der Waals surface area (Å²) in [4.78, 5) is 11.2. The first-order valence-electron chi connectivity index (χ1n) is 4.85. The molecule has 0 radical (unpaired) electrons. The molecule has 1 N–H and O–H groups in total. The van der Waals surface area contributed by atoms with E-state index < -0.39 is 6.09 Å². The third kappa shape index (κ3) is 4.18. The van der Waals surface area contributed by atoms with Crippen LogP contribution in [0, 0.1) is 0 Å². The highest BCUT2D eigenvalue weighted by atomic mass is 16.6. The molecular weight excluding hydrogens is 210 g/mol. The Hall–Kier alpha value is -1.75. The Morgan fingerprint density at radius 1 is 1.19 bits per heavy atom. The van der Waals surface area contributed by atoms with Gasteiger partial charge in [-0.15, -0.1) is 0 Å². The Balaban J connectivity index is 2.37. The number of hydrogen-bond donors (Lipinski definition) is 1. The Kier molecular flexibility index (Phi) is 5.15. The van der Waals surface area contributed by atoms with E-state index in [4.69, 9.17) is 14.2 Å². The van der Waals surface area contributed by atoms with E-state index >= 15 is 0 Å². The largest absolute Gasteiger partial charge is 0.497 e.